The molecule has 10 heteroatoms. The van der Waals surface area contributed by atoms with Crippen LogP contribution in [-0.2, 0) is 26.5 Å². The molecular formula is C22H28N2O6S2. The first-order valence-electron chi connectivity index (χ1n) is 10.8. The van der Waals surface area contributed by atoms with Crippen molar-refractivity contribution in [3.8, 4) is 11.5 Å². The summed E-state index contributed by atoms with van der Waals surface area (Å²) in [6.45, 7) is 5.79. The van der Waals surface area contributed by atoms with Crippen LogP contribution in [0.1, 0.15) is 32.3 Å². The van der Waals surface area contributed by atoms with Crippen molar-refractivity contribution in [2.75, 3.05) is 37.2 Å². The number of nitrogens with zero attached hydrogens (tertiary/aromatic N) is 2. The molecule has 174 valence electrons. The highest BCUT2D eigenvalue weighted by molar-refractivity contribution is 7.92. The molecule has 2 aliphatic rings. The summed E-state index contributed by atoms with van der Waals surface area (Å²) in [5, 5.41) is 0. The number of rotatable bonds is 8. The van der Waals surface area contributed by atoms with Crippen molar-refractivity contribution in [2.45, 2.75) is 42.9 Å². The molecule has 8 nitrogen and oxygen atoms in total. The van der Waals surface area contributed by atoms with E-state index in [2.05, 4.69) is 0 Å². The van der Waals surface area contributed by atoms with E-state index in [0.29, 0.717) is 55.5 Å². The summed E-state index contributed by atoms with van der Waals surface area (Å²) >= 11 is 0. The Morgan fingerprint density at radius 2 is 1.41 bits per heavy atom. The zero-order chi connectivity index (χ0) is 22.9. The highest BCUT2D eigenvalue weighted by Crippen LogP contribution is 2.37. The second-order valence-corrected chi connectivity index (χ2v) is 11.5. The average Bonchev–Trinajstić information content (AvgIpc) is 3.45. The van der Waals surface area contributed by atoms with Crippen LogP contribution in [0.3, 0.4) is 0 Å². The Morgan fingerprint density at radius 3 is 2.09 bits per heavy atom. The van der Waals surface area contributed by atoms with Crippen LogP contribution >= 0.6 is 0 Å². The van der Waals surface area contributed by atoms with Crippen LogP contribution in [0.2, 0.25) is 0 Å². The average molecular weight is 481 g/mol. The van der Waals surface area contributed by atoms with E-state index in [9.17, 15) is 16.8 Å². The lowest BCUT2D eigenvalue weighted by atomic mass is 10.2. The van der Waals surface area contributed by atoms with E-state index in [4.69, 9.17) is 9.47 Å². The summed E-state index contributed by atoms with van der Waals surface area (Å²) in [7, 11) is -7.40. The quantitative estimate of drug-likeness (QED) is 0.577. The molecule has 0 unspecified atom stereocenters. The van der Waals surface area contributed by atoms with Crippen molar-refractivity contribution in [2.24, 2.45) is 0 Å². The van der Waals surface area contributed by atoms with Gasteiger partial charge < -0.3 is 9.47 Å². The van der Waals surface area contributed by atoms with E-state index in [1.807, 2.05) is 13.8 Å². The molecule has 2 aromatic rings. The minimum Gasteiger partial charge on any atom is -0.490 e. The van der Waals surface area contributed by atoms with Crippen LogP contribution in [0.15, 0.2) is 46.2 Å². The van der Waals surface area contributed by atoms with Crippen molar-refractivity contribution in [1.82, 2.24) is 4.31 Å². The van der Waals surface area contributed by atoms with Crippen LogP contribution in [0.25, 0.3) is 0 Å². The molecule has 0 radical (unpaired) electrons. The predicted molar refractivity (Wildman–Crippen MR) is 121 cm³/mol. The third-order valence-corrected chi connectivity index (χ3v) is 9.41. The summed E-state index contributed by atoms with van der Waals surface area (Å²) < 4.78 is 66.5. The van der Waals surface area contributed by atoms with Crippen LogP contribution in [0.5, 0.6) is 11.5 Å². The van der Waals surface area contributed by atoms with Gasteiger partial charge in [-0.15, -0.1) is 0 Å². The first-order valence-corrected chi connectivity index (χ1v) is 13.7. The van der Waals surface area contributed by atoms with Gasteiger partial charge in [-0.1, -0.05) is 0 Å². The molecule has 32 heavy (non-hydrogen) atoms. The molecule has 0 bridgehead atoms. The summed E-state index contributed by atoms with van der Waals surface area (Å²) in [5.41, 5.74) is 1.22. The fourth-order valence-electron chi connectivity index (χ4n) is 4.15. The lowest BCUT2D eigenvalue weighted by Crippen LogP contribution is -2.29. The summed E-state index contributed by atoms with van der Waals surface area (Å²) in [6, 6.07) is 9.30. The van der Waals surface area contributed by atoms with Gasteiger partial charge in [0.15, 0.2) is 11.5 Å². The first-order chi connectivity index (χ1) is 15.3. The van der Waals surface area contributed by atoms with Gasteiger partial charge in [0.1, 0.15) is 0 Å². The van der Waals surface area contributed by atoms with Gasteiger partial charge >= 0.3 is 0 Å². The molecule has 1 fully saturated rings. The lowest BCUT2D eigenvalue weighted by Gasteiger charge is -2.21. The highest BCUT2D eigenvalue weighted by atomic mass is 32.2. The van der Waals surface area contributed by atoms with Gasteiger partial charge in [-0.2, -0.15) is 4.31 Å². The second kappa shape index (κ2) is 8.92. The second-order valence-electron chi connectivity index (χ2n) is 7.70. The predicted octanol–water partition coefficient (Wildman–Crippen LogP) is 3.02. The Morgan fingerprint density at radius 1 is 0.781 bits per heavy atom. The summed E-state index contributed by atoms with van der Waals surface area (Å²) in [4.78, 5) is 0.322. The molecular weight excluding hydrogens is 452 g/mol. The minimum absolute atomic E-state index is 0.103. The molecule has 1 saturated heterocycles. The number of hydrogen-bond acceptors (Lipinski definition) is 6. The molecule has 0 atom stereocenters. The van der Waals surface area contributed by atoms with Crippen molar-refractivity contribution in [3.05, 3.63) is 42.0 Å². The van der Waals surface area contributed by atoms with Crippen molar-refractivity contribution < 1.29 is 26.3 Å². The number of benzene rings is 2. The van der Waals surface area contributed by atoms with E-state index in [1.165, 1.54) is 26.8 Å². The molecule has 2 heterocycles. The van der Waals surface area contributed by atoms with Crippen LogP contribution in [0.4, 0.5) is 5.69 Å². The first kappa shape index (κ1) is 22.9. The van der Waals surface area contributed by atoms with Gasteiger partial charge in [-0.05, 0) is 69.0 Å². The van der Waals surface area contributed by atoms with E-state index in [-0.39, 0.29) is 16.3 Å². The molecule has 4 rings (SSSR count). The summed E-state index contributed by atoms with van der Waals surface area (Å²) in [5.74, 6) is 0.869. The maximum Gasteiger partial charge on any atom is 0.264 e. The van der Waals surface area contributed by atoms with Gasteiger partial charge in [-0.25, -0.2) is 16.8 Å². The zero-order valence-electron chi connectivity index (χ0n) is 18.3. The van der Waals surface area contributed by atoms with Crippen molar-refractivity contribution in [1.29, 1.82) is 0 Å². The van der Waals surface area contributed by atoms with Gasteiger partial charge in [-0.3, -0.25) is 4.31 Å². The van der Waals surface area contributed by atoms with Crippen molar-refractivity contribution >= 4 is 25.7 Å². The standard InChI is InChI=1S/C22H28N2O6S2/c1-3-29-21-10-8-19(16-22(21)30-4-2)32(27,28)24-14-11-17-15-18(7-9-20(17)24)31(25,26)23-12-5-6-13-23/h7-10,15-16H,3-6,11-14H2,1-2H3. The smallest absolute Gasteiger partial charge is 0.264 e. The van der Waals surface area contributed by atoms with Gasteiger partial charge in [0, 0.05) is 25.7 Å². The van der Waals surface area contributed by atoms with Crippen LogP contribution in [0, 0.1) is 0 Å². The van der Waals surface area contributed by atoms with Gasteiger partial charge in [0.2, 0.25) is 10.0 Å². The topological polar surface area (TPSA) is 93.2 Å². The molecule has 0 aliphatic carbocycles. The normalized spacial score (nSPS) is 16.9. The Kier molecular flexibility index (Phi) is 6.37. The molecule has 0 aromatic heterocycles. The zero-order valence-corrected chi connectivity index (χ0v) is 19.9. The Hall–Kier alpha value is -2.30. The monoisotopic (exact) mass is 480 g/mol. The molecule has 2 aromatic carbocycles. The fourth-order valence-corrected chi connectivity index (χ4v) is 7.24. The Labute approximate surface area is 189 Å². The molecule has 0 amide bonds. The van der Waals surface area contributed by atoms with Crippen LogP contribution in [-0.4, -0.2) is 54.0 Å². The number of ether oxygens (including phenoxy) is 2. The van der Waals surface area contributed by atoms with Crippen LogP contribution < -0.4 is 13.8 Å². The Bertz CT molecular complexity index is 1200. The SMILES string of the molecule is CCOc1ccc(S(=O)(=O)N2CCc3cc(S(=O)(=O)N4CCCC4)ccc32)cc1OCC. The van der Waals surface area contributed by atoms with Crippen molar-refractivity contribution in [3.63, 3.8) is 0 Å². The third kappa shape index (κ3) is 4.06. The largest absolute Gasteiger partial charge is 0.490 e. The third-order valence-electron chi connectivity index (χ3n) is 5.71. The fraction of sp³-hybridized carbons (Fsp3) is 0.455. The lowest BCUT2D eigenvalue weighted by molar-refractivity contribution is 0.287. The van der Waals surface area contributed by atoms with E-state index < -0.39 is 20.0 Å². The molecule has 0 saturated carbocycles. The molecule has 0 N–H and O–H groups in total. The Balaban J connectivity index is 1.66. The number of anilines is 1. The number of hydrogen-bond donors (Lipinski definition) is 0. The van der Waals surface area contributed by atoms with E-state index in [0.717, 1.165) is 12.8 Å². The van der Waals surface area contributed by atoms with E-state index >= 15 is 0 Å². The van der Waals surface area contributed by atoms with E-state index in [1.54, 1.807) is 18.2 Å². The maximum absolute atomic E-state index is 13.4. The van der Waals surface area contributed by atoms with Gasteiger partial charge in [0.25, 0.3) is 10.0 Å². The highest BCUT2D eigenvalue weighted by Gasteiger charge is 2.34. The number of fused-ring (bicyclic) bond motifs is 1. The summed E-state index contributed by atoms with van der Waals surface area (Å²) in [6.07, 6.45) is 2.18. The minimum atomic E-state index is -3.85. The molecule has 2 aliphatic heterocycles. The molecule has 0 spiro atoms. The number of sulfonamides is 2. The maximum atomic E-state index is 13.4. The van der Waals surface area contributed by atoms with Gasteiger partial charge in [0.05, 0.1) is 28.7 Å².